The van der Waals surface area contributed by atoms with Gasteiger partial charge in [0.05, 0.1) is 12.7 Å². The largest absolute Gasteiger partial charge is 0.394 e. The summed E-state index contributed by atoms with van der Waals surface area (Å²) < 4.78 is 20.4. The van der Waals surface area contributed by atoms with Crippen LogP contribution in [0.3, 0.4) is 0 Å². The van der Waals surface area contributed by atoms with Gasteiger partial charge in [0.25, 0.3) is 5.56 Å². The van der Waals surface area contributed by atoms with E-state index in [9.17, 15) is 14.0 Å². The first-order valence-electron chi connectivity index (χ1n) is 5.21. The number of aromatic nitrogens is 2. The number of hydrogen-bond acceptors (Lipinski definition) is 4. The van der Waals surface area contributed by atoms with Crippen molar-refractivity contribution in [2.45, 2.75) is 31.3 Å². The number of rotatable bonds is 2. The molecule has 7 heteroatoms. The molecule has 1 unspecified atom stereocenters. The van der Waals surface area contributed by atoms with Crippen molar-refractivity contribution >= 4 is 0 Å². The fraction of sp³-hybridized carbons (Fsp3) is 0.600. The fourth-order valence-corrected chi connectivity index (χ4v) is 1.99. The zero-order chi connectivity index (χ0) is 12.6. The van der Waals surface area contributed by atoms with Gasteiger partial charge < -0.3 is 9.84 Å². The lowest BCUT2D eigenvalue weighted by atomic mass is 10.0. The van der Waals surface area contributed by atoms with Crippen LogP contribution in [0.2, 0.25) is 0 Å². The predicted molar refractivity (Wildman–Crippen MR) is 56.4 cm³/mol. The summed E-state index contributed by atoms with van der Waals surface area (Å²) in [6.07, 6.45) is -0.596. The lowest BCUT2D eigenvalue weighted by Crippen LogP contribution is -2.38. The van der Waals surface area contributed by atoms with Gasteiger partial charge in [-0.15, -0.1) is 0 Å². The van der Waals surface area contributed by atoms with E-state index >= 15 is 0 Å². The molecule has 1 aromatic heterocycles. The molecular weight excluding hydrogens is 231 g/mol. The van der Waals surface area contributed by atoms with Crippen LogP contribution in [-0.2, 0) is 4.74 Å². The van der Waals surface area contributed by atoms with E-state index in [4.69, 9.17) is 9.84 Å². The van der Waals surface area contributed by atoms with Crippen molar-refractivity contribution in [3.8, 4) is 0 Å². The fourth-order valence-electron chi connectivity index (χ4n) is 1.99. The van der Waals surface area contributed by atoms with Gasteiger partial charge in [-0.1, -0.05) is 0 Å². The van der Waals surface area contributed by atoms with Gasteiger partial charge in [-0.2, -0.15) is 0 Å². The summed E-state index contributed by atoms with van der Waals surface area (Å²) in [7, 11) is 0. The highest BCUT2D eigenvalue weighted by Gasteiger charge is 2.47. The first-order chi connectivity index (χ1) is 7.94. The Kier molecular flexibility index (Phi) is 2.88. The molecule has 2 N–H and O–H groups in total. The molecule has 6 nitrogen and oxygen atoms in total. The van der Waals surface area contributed by atoms with Crippen LogP contribution in [0.5, 0.6) is 0 Å². The van der Waals surface area contributed by atoms with E-state index in [1.54, 1.807) is 0 Å². The van der Waals surface area contributed by atoms with Crippen molar-refractivity contribution in [1.29, 1.82) is 0 Å². The second-order valence-corrected chi connectivity index (χ2v) is 4.29. The van der Waals surface area contributed by atoms with Crippen molar-refractivity contribution in [2.75, 3.05) is 6.61 Å². The van der Waals surface area contributed by atoms with Gasteiger partial charge in [-0.05, 0) is 6.92 Å². The standard InChI is InChI=1S/C10H13FN2O4/c1-10(11)4-6(5-14)17-8(10)13-3-2-7(15)12-9(13)16/h2-3,6,8,14H,4-5H2,1H3,(H,12,15,16)/t6?,8-,10-/m1/s1. The maximum Gasteiger partial charge on any atom is 0.330 e. The number of H-pyrrole nitrogens is 1. The highest BCUT2D eigenvalue weighted by atomic mass is 19.1. The molecule has 3 atom stereocenters. The average molecular weight is 244 g/mol. The third kappa shape index (κ3) is 2.16. The van der Waals surface area contributed by atoms with Gasteiger partial charge in [0, 0.05) is 18.7 Å². The van der Waals surface area contributed by atoms with Crippen LogP contribution in [0.15, 0.2) is 21.9 Å². The molecule has 1 aliphatic heterocycles. The summed E-state index contributed by atoms with van der Waals surface area (Å²) in [4.78, 5) is 24.4. The molecule has 2 rings (SSSR count). The van der Waals surface area contributed by atoms with E-state index in [-0.39, 0.29) is 13.0 Å². The van der Waals surface area contributed by atoms with Crippen LogP contribution < -0.4 is 11.2 Å². The van der Waals surface area contributed by atoms with E-state index in [1.165, 1.54) is 13.1 Å². The molecule has 1 aliphatic rings. The van der Waals surface area contributed by atoms with E-state index in [2.05, 4.69) is 0 Å². The lowest BCUT2D eigenvalue weighted by Gasteiger charge is -2.22. The normalized spacial score (nSPS) is 32.9. The molecule has 1 fully saturated rings. The zero-order valence-electron chi connectivity index (χ0n) is 9.22. The van der Waals surface area contributed by atoms with E-state index < -0.39 is 29.2 Å². The van der Waals surface area contributed by atoms with Crippen molar-refractivity contribution in [3.63, 3.8) is 0 Å². The number of halogens is 1. The van der Waals surface area contributed by atoms with Crippen LogP contribution in [0.4, 0.5) is 4.39 Å². The monoisotopic (exact) mass is 244 g/mol. The van der Waals surface area contributed by atoms with E-state index in [0.29, 0.717) is 0 Å². The number of aliphatic hydroxyl groups excluding tert-OH is 1. The summed E-state index contributed by atoms with van der Waals surface area (Å²) in [5.41, 5.74) is -3.05. The summed E-state index contributed by atoms with van der Waals surface area (Å²) in [5.74, 6) is 0. The number of aliphatic hydroxyl groups is 1. The Morgan fingerprint density at radius 3 is 2.94 bits per heavy atom. The molecule has 0 aromatic carbocycles. The van der Waals surface area contributed by atoms with Crippen molar-refractivity contribution < 1.29 is 14.2 Å². The maximum absolute atomic E-state index is 14.2. The topological polar surface area (TPSA) is 84.3 Å². The minimum atomic E-state index is -1.77. The zero-order valence-corrected chi connectivity index (χ0v) is 9.22. The number of hydrogen-bond donors (Lipinski definition) is 2. The van der Waals surface area contributed by atoms with Crippen LogP contribution in [0.25, 0.3) is 0 Å². The number of ether oxygens (including phenoxy) is 1. The second-order valence-electron chi connectivity index (χ2n) is 4.29. The third-order valence-corrected chi connectivity index (χ3v) is 2.77. The molecule has 17 heavy (non-hydrogen) atoms. The Bertz CT molecular complexity index is 522. The Morgan fingerprint density at radius 2 is 2.41 bits per heavy atom. The van der Waals surface area contributed by atoms with Gasteiger partial charge in [-0.25, -0.2) is 9.18 Å². The molecule has 2 heterocycles. The molecule has 94 valence electrons. The summed E-state index contributed by atoms with van der Waals surface area (Å²) in [5, 5.41) is 8.94. The van der Waals surface area contributed by atoms with Crippen molar-refractivity contribution in [1.82, 2.24) is 9.55 Å². The van der Waals surface area contributed by atoms with Crippen molar-refractivity contribution in [3.05, 3.63) is 33.1 Å². The van der Waals surface area contributed by atoms with Crippen LogP contribution >= 0.6 is 0 Å². The minimum absolute atomic E-state index is 0.000265. The third-order valence-electron chi connectivity index (χ3n) is 2.77. The number of nitrogens with one attached hydrogen (secondary N) is 1. The molecule has 0 saturated carbocycles. The number of nitrogens with zero attached hydrogens (tertiary/aromatic N) is 1. The number of alkyl halides is 1. The van der Waals surface area contributed by atoms with Crippen LogP contribution in [-0.4, -0.2) is 33.0 Å². The van der Waals surface area contributed by atoms with Crippen LogP contribution in [0.1, 0.15) is 19.6 Å². The molecular formula is C10H13FN2O4. The molecule has 0 bridgehead atoms. The van der Waals surface area contributed by atoms with Crippen molar-refractivity contribution in [2.24, 2.45) is 0 Å². The molecule has 1 aromatic rings. The molecule has 0 spiro atoms. The maximum atomic E-state index is 14.2. The summed E-state index contributed by atoms with van der Waals surface area (Å²) in [6, 6.07) is 1.12. The number of aromatic amines is 1. The van der Waals surface area contributed by atoms with E-state index in [0.717, 1.165) is 10.6 Å². The highest BCUT2D eigenvalue weighted by Crippen LogP contribution is 2.39. The smallest absolute Gasteiger partial charge is 0.330 e. The first kappa shape index (κ1) is 12.0. The first-order valence-corrected chi connectivity index (χ1v) is 5.21. The van der Waals surface area contributed by atoms with Gasteiger partial charge in [0.1, 0.15) is 0 Å². The Labute approximate surface area is 95.7 Å². The molecule has 1 saturated heterocycles. The minimum Gasteiger partial charge on any atom is -0.394 e. The summed E-state index contributed by atoms with van der Waals surface area (Å²) >= 11 is 0. The van der Waals surface area contributed by atoms with Gasteiger partial charge >= 0.3 is 5.69 Å². The molecule has 0 amide bonds. The van der Waals surface area contributed by atoms with Gasteiger partial charge in [0.2, 0.25) is 0 Å². The van der Waals surface area contributed by atoms with E-state index in [1.807, 2.05) is 4.98 Å². The second kappa shape index (κ2) is 4.08. The highest BCUT2D eigenvalue weighted by molar-refractivity contribution is 4.95. The van der Waals surface area contributed by atoms with Gasteiger partial charge in [-0.3, -0.25) is 14.3 Å². The van der Waals surface area contributed by atoms with Crippen LogP contribution in [0, 0.1) is 0 Å². The Hall–Kier alpha value is -1.47. The lowest BCUT2D eigenvalue weighted by molar-refractivity contribution is -0.0610. The van der Waals surface area contributed by atoms with Gasteiger partial charge in [0.15, 0.2) is 11.9 Å². The summed E-state index contributed by atoms with van der Waals surface area (Å²) in [6.45, 7) is 0.985. The molecule has 0 aliphatic carbocycles. The molecule has 0 radical (unpaired) electrons. The average Bonchev–Trinajstić information content (AvgIpc) is 2.54. The predicted octanol–water partition coefficient (Wildman–Crippen LogP) is -0.455. The Balaban J connectivity index is 2.40. The quantitative estimate of drug-likeness (QED) is 0.737. The SMILES string of the molecule is C[C@@]1(F)CC(CO)O[C@H]1n1ccc(=O)[nH]c1=O. The Morgan fingerprint density at radius 1 is 1.71 bits per heavy atom.